The Morgan fingerprint density at radius 3 is 2.57 bits per heavy atom. The number of pyridine rings is 1. The van der Waals surface area contributed by atoms with Crippen molar-refractivity contribution in [3.8, 4) is 16.9 Å². The monoisotopic (exact) mass is 398 g/mol. The third-order valence-corrected chi connectivity index (χ3v) is 5.49. The maximum Gasteiger partial charge on any atom is 0.159 e. The van der Waals surface area contributed by atoms with Crippen molar-refractivity contribution in [3.05, 3.63) is 84.2 Å². The van der Waals surface area contributed by atoms with E-state index >= 15 is 0 Å². The fourth-order valence-corrected chi connectivity index (χ4v) is 3.98. The zero-order valence-corrected chi connectivity index (χ0v) is 16.9. The SMILES string of the molecule is CCc1nn2c(c1-c1ccc(OC)cc1)N=C(c1ccco1)CC2c1ccncc1. The Hall–Kier alpha value is -3.67. The topological polar surface area (TPSA) is 65.4 Å². The standard InChI is InChI=1S/C24H22N4O2/c1-3-19-23(17-6-8-18(29-2)9-7-17)24-26-20(22-5-4-14-30-22)15-21(28(24)27-19)16-10-12-25-13-11-16/h4-14,21H,3,15H2,1-2H3. The van der Waals surface area contributed by atoms with Gasteiger partial charge in [-0.15, -0.1) is 0 Å². The second-order valence-corrected chi connectivity index (χ2v) is 7.21. The summed E-state index contributed by atoms with van der Waals surface area (Å²) in [6.45, 7) is 2.12. The first-order chi connectivity index (χ1) is 14.8. The minimum atomic E-state index is 0.0258. The van der Waals surface area contributed by atoms with Gasteiger partial charge in [-0.25, -0.2) is 9.67 Å². The largest absolute Gasteiger partial charge is 0.497 e. The molecule has 6 heteroatoms. The summed E-state index contributed by atoms with van der Waals surface area (Å²) in [6, 6.07) is 16.0. The molecular formula is C24H22N4O2. The van der Waals surface area contributed by atoms with Crippen LogP contribution >= 0.6 is 0 Å². The van der Waals surface area contributed by atoms with Gasteiger partial charge in [-0.2, -0.15) is 5.10 Å². The molecule has 0 bridgehead atoms. The molecular weight excluding hydrogens is 376 g/mol. The summed E-state index contributed by atoms with van der Waals surface area (Å²) in [5.74, 6) is 2.48. The van der Waals surface area contributed by atoms with Gasteiger partial charge in [0.15, 0.2) is 5.82 Å². The Morgan fingerprint density at radius 1 is 1.10 bits per heavy atom. The lowest BCUT2D eigenvalue weighted by Gasteiger charge is -2.24. The number of nitrogens with zero attached hydrogens (tertiary/aromatic N) is 4. The molecule has 150 valence electrons. The molecule has 0 saturated carbocycles. The van der Waals surface area contributed by atoms with Crippen molar-refractivity contribution in [2.75, 3.05) is 7.11 Å². The molecule has 30 heavy (non-hydrogen) atoms. The number of aliphatic imine (C=N–C) groups is 1. The van der Waals surface area contributed by atoms with Gasteiger partial charge in [0, 0.05) is 24.4 Å². The molecule has 1 aliphatic heterocycles. The third kappa shape index (κ3) is 3.10. The van der Waals surface area contributed by atoms with E-state index in [1.54, 1.807) is 13.4 Å². The van der Waals surface area contributed by atoms with Crippen LogP contribution in [-0.4, -0.2) is 27.6 Å². The van der Waals surface area contributed by atoms with Crippen molar-refractivity contribution in [1.82, 2.24) is 14.8 Å². The van der Waals surface area contributed by atoms with Gasteiger partial charge in [-0.05, 0) is 53.9 Å². The minimum Gasteiger partial charge on any atom is -0.497 e. The van der Waals surface area contributed by atoms with Gasteiger partial charge in [0.2, 0.25) is 0 Å². The summed E-state index contributed by atoms with van der Waals surface area (Å²) >= 11 is 0. The Balaban J connectivity index is 1.72. The molecule has 4 heterocycles. The van der Waals surface area contributed by atoms with Crippen LogP contribution < -0.4 is 4.74 Å². The van der Waals surface area contributed by atoms with Gasteiger partial charge < -0.3 is 9.15 Å². The molecule has 1 aliphatic rings. The number of fused-ring (bicyclic) bond motifs is 1. The number of aryl methyl sites for hydroxylation is 1. The number of ether oxygens (including phenoxy) is 1. The van der Waals surface area contributed by atoms with Gasteiger partial charge in [-0.3, -0.25) is 4.98 Å². The lowest BCUT2D eigenvalue weighted by Crippen LogP contribution is -2.21. The van der Waals surface area contributed by atoms with Crippen LogP contribution in [0.3, 0.4) is 0 Å². The van der Waals surface area contributed by atoms with Crippen molar-refractivity contribution in [1.29, 1.82) is 0 Å². The minimum absolute atomic E-state index is 0.0258. The Morgan fingerprint density at radius 2 is 1.90 bits per heavy atom. The summed E-state index contributed by atoms with van der Waals surface area (Å²) in [5.41, 5.74) is 5.23. The molecule has 0 amide bonds. The van der Waals surface area contributed by atoms with E-state index in [-0.39, 0.29) is 6.04 Å². The molecule has 6 nitrogen and oxygen atoms in total. The summed E-state index contributed by atoms with van der Waals surface area (Å²) in [4.78, 5) is 9.21. The highest BCUT2D eigenvalue weighted by Crippen LogP contribution is 2.42. The summed E-state index contributed by atoms with van der Waals surface area (Å²) < 4.78 is 13.1. The summed E-state index contributed by atoms with van der Waals surface area (Å²) in [7, 11) is 1.67. The molecule has 0 N–H and O–H groups in total. The molecule has 0 spiro atoms. The van der Waals surface area contributed by atoms with E-state index in [0.29, 0.717) is 6.42 Å². The van der Waals surface area contributed by atoms with Crippen molar-refractivity contribution in [2.45, 2.75) is 25.8 Å². The van der Waals surface area contributed by atoms with E-state index < -0.39 is 0 Å². The molecule has 0 saturated heterocycles. The maximum absolute atomic E-state index is 5.69. The van der Waals surface area contributed by atoms with E-state index in [4.69, 9.17) is 19.2 Å². The van der Waals surface area contributed by atoms with Gasteiger partial charge in [0.05, 0.1) is 30.8 Å². The summed E-state index contributed by atoms with van der Waals surface area (Å²) in [5, 5.41) is 4.99. The number of benzene rings is 1. The molecule has 5 rings (SSSR count). The smallest absolute Gasteiger partial charge is 0.159 e. The average molecular weight is 398 g/mol. The molecule has 3 aromatic heterocycles. The number of rotatable bonds is 5. The van der Waals surface area contributed by atoms with E-state index in [2.05, 4.69) is 28.7 Å². The van der Waals surface area contributed by atoms with Crippen LogP contribution in [0.25, 0.3) is 11.1 Å². The first kappa shape index (κ1) is 18.4. The Labute approximate surface area is 174 Å². The number of methoxy groups -OCH3 is 1. The normalized spacial score (nSPS) is 15.5. The van der Waals surface area contributed by atoms with Gasteiger partial charge in [-0.1, -0.05) is 19.1 Å². The highest BCUT2D eigenvalue weighted by Gasteiger charge is 2.31. The van der Waals surface area contributed by atoms with Crippen molar-refractivity contribution in [3.63, 3.8) is 0 Å². The molecule has 0 aliphatic carbocycles. The first-order valence-corrected chi connectivity index (χ1v) is 10.1. The van der Waals surface area contributed by atoms with Crippen LogP contribution in [0.5, 0.6) is 5.75 Å². The number of hydrogen-bond donors (Lipinski definition) is 0. The summed E-state index contributed by atoms with van der Waals surface area (Å²) in [6.07, 6.45) is 6.85. The average Bonchev–Trinajstić information content (AvgIpc) is 3.47. The molecule has 1 unspecified atom stereocenters. The van der Waals surface area contributed by atoms with Gasteiger partial charge in [0.1, 0.15) is 11.5 Å². The van der Waals surface area contributed by atoms with E-state index in [9.17, 15) is 0 Å². The lowest BCUT2D eigenvalue weighted by atomic mass is 9.98. The van der Waals surface area contributed by atoms with E-state index in [1.807, 2.05) is 48.8 Å². The Kier molecular flexibility index (Phi) is 4.67. The van der Waals surface area contributed by atoms with Crippen LogP contribution in [0.1, 0.15) is 36.4 Å². The number of hydrogen-bond acceptors (Lipinski definition) is 5. The molecule has 1 aromatic carbocycles. The third-order valence-electron chi connectivity index (χ3n) is 5.49. The van der Waals surface area contributed by atoms with Gasteiger partial charge >= 0.3 is 0 Å². The zero-order valence-electron chi connectivity index (χ0n) is 16.9. The second-order valence-electron chi connectivity index (χ2n) is 7.21. The second kappa shape index (κ2) is 7.63. The number of aromatic nitrogens is 3. The van der Waals surface area contributed by atoms with Crippen LogP contribution in [0, 0.1) is 0 Å². The molecule has 1 atom stereocenters. The zero-order chi connectivity index (χ0) is 20.5. The highest BCUT2D eigenvalue weighted by atomic mass is 16.5. The predicted molar refractivity (Wildman–Crippen MR) is 115 cm³/mol. The molecule has 4 aromatic rings. The molecule has 0 radical (unpaired) electrons. The molecule has 0 fully saturated rings. The van der Waals surface area contributed by atoms with Crippen molar-refractivity contribution in [2.24, 2.45) is 4.99 Å². The predicted octanol–water partition coefficient (Wildman–Crippen LogP) is 5.22. The highest BCUT2D eigenvalue weighted by molar-refractivity contribution is 6.02. The van der Waals surface area contributed by atoms with Crippen LogP contribution in [-0.2, 0) is 6.42 Å². The van der Waals surface area contributed by atoms with Crippen molar-refractivity contribution >= 4 is 11.5 Å². The van der Waals surface area contributed by atoms with E-state index in [0.717, 1.165) is 51.8 Å². The fraction of sp³-hybridized carbons (Fsp3) is 0.208. The fourth-order valence-electron chi connectivity index (χ4n) is 3.98. The lowest BCUT2D eigenvalue weighted by molar-refractivity contribution is 0.415. The van der Waals surface area contributed by atoms with E-state index in [1.165, 1.54) is 0 Å². The number of furan rings is 1. The first-order valence-electron chi connectivity index (χ1n) is 10.1. The van der Waals surface area contributed by atoms with Crippen LogP contribution in [0.15, 0.2) is 76.6 Å². The quantitative estimate of drug-likeness (QED) is 0.462. The van der Waals surface area contributed by atoms with Crippen LogP contribution in [0.4, 0.5) is 5.82 Å². The van der Waals surface area contributed by atoms with Crippen LogP contribution in [0.2, 0.25) is 0 Å². The maximum atomic E-state index is 5.69. The Bertz CT molecular complexity index is 1180. The van der Waals surface area contributed by atoms with Crippen molar-refractivity contribution < 1.29 is 9.15 Å². The van der Waals surface area contributed by atoms with Gasteiger partial charge in [0.25, 0.3) is 0 Å².